The molecule has 3 rings (SSSR count). The summed E-state index contributed by atoms with van der Waals surface area (Å²) >= 11 is 0. The Morgan fingerprint density at radius 3 is 2.70 bits per heavy atom. The summed E-state index contributed by atoms with van der Waals surface area (Å²) in [6.07, 6.45) is 4.91. The van der Waals surface area contributed by atoms with E-state index in [0.29, 0.717) is 18.7 Å². The maximum absolute atomic E-state index is 13.0. The number of nitrogens with zero attached hydrogens (tertiary/aromatic N) is 4. The number of unbranched alkanes of at least 4 members (excludes halogenated alkanes) is 1. The van der Waals surface area contributed by atoms with Gasteiger partial charge in [-0.15, -0.1) is 5.10 Å². The Bertz CT molecular complexity index is 667. The number of hydrogen-bond donors (Lipinski definition) is 1. The van der Waals surface area contributed by atoms with E-state index in [1.807, 2.05) is 4.90 Å². The Balaban J connectivity index is 1.72. The van der Waals surface area contributed by atoms with Gasteiger partial charge in [-0.2, -0.15) is 9.90 Å². The highest BCUT2D eigenvalue weighted by molar-refractivity contribution is 5.92. The van der Waals surface area contributed by atoms with Crippen LogP contribution in [0.3, 0.4) is 0 Å². The zero-order valence-corrected chi connectivity index (χ0v) is 12.7. The zero-order chi connectivity index (χ0) is 16.2. The van der Waals surface area contributed by atoms with E-state index in [9.17, 15) is 9.18 Å². The molecule has 23 heavy (non-hydrogen) atoms. The van der Waals surface area contributed by atoms with E-state index < -0.39 is 0 Å². The minimum absolute atomic E-state index is 0.132. The van der Waals surface area contributed by atoms with Gasteiger partial charge in [0.15, 0.2) is 5.69 Å². The fourth-order valence-corrected chi connectivity index (χ4v) is 2.44. The van der Waals surface area contributed by atoms with E-state index in [1.165, 1.54) is 23.1 Å². The molecule has 0 saturated heterocycles. The molecule has 0 unspecified atom stereocenters. The second kappa shape index (κ2) is 6.87. The molecule has 1 aliphatic rings. The molecule has 0 radical (unpaired) electrons. The maximum atomic E-state index is 13.0. The lowest BCUT2D eigenvalue weighted by Gasteiger charge is -2.20. The van der Waals surface area contributed by atoms with Crippen LogP contribution in [0.2, 0.25) is 0 Å². The molecule has 1 aromatic heterocycles. The second-order valence-electron chi connectivity index (χ2n) is 5.66. The van der Waals surface area contributed by atoms with Gasteiger partial charge >= 0.3 is 0 Å². The molecule has 1 heterocycles. The van der Waals surface area contributed by atoms with Crippen molar-refractivity contribution in [3.8, 4) is 5.69 Å². The van der Waals surface area contributed by atoms with Gasteiger partial charge in [0.25, 0.3) is 5.91 Å². The summed E-state index contributed by atoms with van der Waals surface area (Å²) in [6.45, 7) is 0.751. The molecule has 122 valence electrons. The molecule has 1 saturated carbocycles. The Morgan fingerprint density at radius 2 is 2.04 bits per heavy atom. The highest BCUT2D eigenvalue weighted by Gasteiger charge is 2.33. The highest BCUT2D eigenvalue weighted by atomic mass is 19.1. The van der Waals surface area contributed by atoms with E-state index in [1.54, 1.807) is 12.1 Å². The third-order valence-corrected chi connectivity index (χ3v) is 3.82. The summed E-state index contributed by atoms with van der Waals surface area (Å²) in [4.78, 5) is 15.7. The van der Waals surface area contributed by atoms with Crippen LogP contribution in [0.5, 0.6) is 0 Å². The number of aromatic nitrogens is 3. The van der Waals surface area contributed by atoms with Gasteiger partial charge in [-0.3, -0.25) is 4.79 Å². The first-order chi connectivity index (χ1) is 11.2. The summed E-state index contributed by atoms with van der Waals surface area (Å²) in [5.74, 6) is -0.472. The molecule has 1 fully saturated rings. The van der Waals surface area contributed by atoms with Crippen molar-refractivity contribution in [1.29, 1.82) is 0 Å². The lowest BCUT2D eigenvalue weighted by atomic mass is 10.2. The smallest absolute Gasteiger partial charge is 0.276 e. The quantitative estimate of drug-likeness (QED) is 0.790. The molecule has 0 spiro atoms. The number of carbonyl (C=O) groups is 1. The molecule has 7 heteroatoms. The number of rotatable bonds is 7. The first-order valence-corrected chi connectivity index (χ1v) is 7.79. The molecule has 1 aromatic carbocycles. The maximum Gasteiger partial charge on any atom is 0.276 e. The van der Waals surface area contributed by atoms with Crippen LogP contribution in [0.15, 0.2) is 30.5 Å². The standard InChI is InChI=1S/C16H19FN4O2/c17-12-3-5-14(6-4-12)21-18-11-15(19-21)16(23)20(13-7-8-13)9-1-2-10-22/h3-6,11,13,22H,1-2,7-10H2. The van der Waals surface area contributed by atoms with Gasteiger partial charge < -0.3 is 10.0 Å². The number of hydrogen-bond acceptors (Lipinski definition) is 4. The average molecular weight is 318 g/mol. The fourth-order valence-electron chi connectivity index (χ4n) is 2.44. The lowest BCUT2D eigenvalue weighted by molar-refractivity contribution is 0.0730. The van der Waals surface area contributed by atoms with Gasteiger partial charge in [-0.25, -0.2) is 4.39 Å². The van der Waals surface area contributed by atoms with Crippen LogP contribution in [0.4, 0.5) is 4.39 Å². The number of aliphatic hydroxyl groups is 1. The predicted molar refractivity (Wildman–Crippen MR) is 81.7 cm³/mol. The average Bonchev–Trinajstić information content (AvgIpc) is 3.27. The van der Waals surface area contributed by atoms with Crippen LogP contribution < -0.4 is 0 Å². The van der Waals surface area contributed by atoms with Crippen LogP contribution in [-0.4, -0.2) is 50.1 Å². The van der Waals surface area contributed by atoms with Crippen LogP contribution in [0.1, 0.15) is 36.2 Å². The van der Waals surface area contributed by atoms with Crippen molar-refractivity contribution in [1.82, 2.24) is 19.9 Å². The zero-order valence-electron chi connectivity index (χ0n) is 12.7. The van der Waals surface area contributed by atoms with Gasteiger partial charge in [0.05, 0.1) is 11.9 Å². The summed E-state index contributed by atoms with van der Waals surface area (Å²) in [5, 5.41) is 17.2. The molecule has 0 bridgehead atoms. The number of amides is 1. The van der Waals surface area contributed by atoms with E-state index in [0.717, 1.165) is 19.3 Å². The van der Waals surface area contributed by atoms with Crippen LogP contribution in [-0.2, 0) is 0 Å². The largest absolute Gasteiger partial charge is 0.396 e. The highest BCUT2D eigenvalue weighted by Crippen LogP contribution is 2.28. The van der Waals surface area contributed by atoms with E-state index in [4.69, 9.17) is 5.11 Å². The van der Waals surface area contributed by atoms with Gasteiger partial charge in [0.2, 0.25) is 0 Å². The predicted octanol–water partition coefficient (Wildman–Crippen LogP) is 1.78. The van der Waals surface area contributed by atoms with Crippen molar-refractivity contribution in [3.63, 3.8) is 0 Å². The fraction of sp³-hybridized carbons (Fsp3) is 0.438. The number of benzene rings is 1. The molecule has 6 nitrogen and oxygen atoms in total. The molecular weight excluding hydrogens is 299 g/mol. The summed E-state index contributed by atoms with van der Waals surface area (Å²) in [7, 11) is 0. The van der Waals surface area contributed by atoms with Crippen molar-refractivity contribution < 1.29 is 14.3 Å². The summed E-state index contributed by atoms with van der Waals surface area (Å²) in [5.41, 5.74) is 0.883. The first-order valence-electron chi connectivity index (χ1n) is 7.79. The van der Waals surface area contributed by atoms with Crippen molar-refractivity contribution in [2.75, 3.05) is 13.2 Å². The van der Waals surface area contributed by atoms with Gasteiger partial charge in [0.1, 0.15) is 5.82 Å². The van der Waals surface area contributed by atoms with Crippen molar-refractivity contribution in [3.05, 3.63) is 42.0 Å². The SMILES string of the molecule is O=C(c1cnn(-c2ccc(F)cc2)n1)N(CCCCO)C1CC1. The van der Waals surface area contributed by atoms with E-state index in [-0.39, 0.29) is 30.1 Å². The van der Waals surface area contributed by atoms with Gasteiger partial charge in [-0.1, -0.05) is 0 Å². The molecule has 1 N–H and O–H groups in total. The minimum Gasteiger partial charge on any atom is -0.396 e. The Hall–Kier alpha value is -2.28. The monoisotopic (exact) mass is 318 g/mol. The molecule has 1 amide bonds. The van der Waals surface area contributed by atoms with Gasteiger partial charge in [0, 0.05) is 19.2 Å². The molecule has 0 atom stereocenters. The van der Waals surface area contributed by atoms with Crippen LogP contribution >= 0.6 is 0 Å². The number of aliphatic hydroxyl groups excluding tert-OH is 1. The van der Waals surface area contributed by atoms with E-state index in [2.05, 4.69) is 10.2 Å². The third kappa shape index (κ3) is 3.73. The molecular formula is C16H19FN4O2. The van der Waals surface area contributed by atoms with Crippen LogP contribution in [0.25, 0.3) is 5.69 Å². The second-order valence-corrected chi connectivity index (χ2v) is 5.66. The normalized spacial score (nSPS) is 14.0. The minimum atomic E-state index is -0.332. The van der Waals surface area contributed by atoms with Gasteiger partial charge in [-0.05, 0) is 49.9 Å². The van der Waals surface area contributed by atoms with E-state index >= 15 is 0 Å². The lowest BCUT2D eigenvalue weighted by Crippen LogP contribution is -2.34. The Morgan fingerprint density at radius 1 is 1.30 bits per heavy atom. The molecule has 1 aliphatic carbocycles. The van der Waals surface area contributed by atoms with Crippen LogP contribution in [0, 0.1) is 5.82 Å². The Labute approximate surface area is 133 Å². The summed E-state index contributed by atoms with van der Waals surface area (Å²) < 4.78 is 13.0. The molecule has 0 aliphatic heterocycles. The van der Waals surface area contributed by atoms with Crippen molar-refractivity contribution in [2.24, 2.45) is 0 Å². The number of carbonyl (C=O) groups excluding carboxylic acids is 1. The first kappa shape index (κ1) is 15.6. The van der Waals surface area contributed by atoms with Crippen molar-refractivity contribution >= 4 is 5.91 Å². The number of halogens is 1. The summed E-state index contributed by atoms with van der Waals surface area (Å²) in [6, 6.07) is 6.04. The van der Waals surface area contributed by atoms with Crippen molar-refractivity contribution in [2.45, 2.75) is 31.7 Å². The molecule has 2 aromatic rings. The topological polar surface area (TPSA) is 71.2 Å². The Kier molecular flexibility index (Phi) is 4.66. The third-order valence-electron chi connectivity index (χ3n) is 3.82.